The standard InChI is InChI=1S/C27H30N2O2S2/c1-28(27(31)25-9-6-18-33-25)24(19-20-7-4-3-5-8-20)21-14-16-29(17-15-21)26(30)22-10-12-23(32-2)13-11-22/h3-13,18,21,24H,14-17,19H2,1-2H3. The van der Waals surface area contributed by atoms with Gasteiger partial charge >= 0.3 is 0 Å². The fraction of sp³-hybridized carbons (Fsp3) is 0.333. The molecule has 0 saturated carbocycles. The number of likely N-dealkylation sites (N-methyl/N-ethyl adjacent to an activating group) is 1. The predicted octanol–water partition coefficient (Wildman–Crippen LogP) is 5.71. The summed E-state index contributed by atoms with van der Waals surface area (Å²) in [6.45, 7) is 1.44. The van der Waals surface area contributed by atoms with Crippen LogP contribution in [0.15, 0.2) is 77.0 Å². The zero-order valence-electron chi connectivity index (χ0n) is 19.1. The molecule has 1 saturated heterocycles. The van der Waals surface area contributed by atoms with E-state index in [0.717, 1.165) is 47.7 Å². The molecular formula is C27H30N2O2S2. The maximum absolute atomic E-state index is 13.2. The first-order valence-corrected chi connectivity index (χ1v) is 13.4. The molecule has 1 atom stereocenters. The first kappa shape index (κ1) is 23.6. The molecule has 4 nitrogen and oxygen atoms in total. The molecule has 2 aromatic carbocycles. The Morgan fingerprint density at radius 3 is 2.33 bits per heavy atom. The Hall–Kier alpha value is -2.57. The van der Waals surface area contributed by atoms with E-state index < -0.39 is 0 Å². The lowest BCUT2D eigenvalue weighted by Gasteiger charge is -2.40. The summed E-state index contributed by atoms with van der Waals surface area (Å²) in [4.78, 5) is 32.0. The number of carbonyl (C=O) groups excluding carboxylic acids is 2. The minimum atomic E-state index is 0.0818. The molecule has 2 heterocycles. The van der Waals surface area contributed by atoms with Crippen LogP contribution in [0.3, 0.4) is 0 Å². The highest BCUT2D eigenvalue weighted by atomic mass is 32.2. The van der Waals surface area contributed by atoms with Gasteiger partial charge in [-0.3, -0.25) is 9.59 Å². The van der Waals surface area contributed by atoms with E-state index in [9.17, 15) is 9.59 Å². The molecule has 1 aliphatic heterocycles. The van der Waals surface area contributed by atoms with Crippen LogP contribution in [-0.4, -0.2) is 54.0 Å². The Balaban J connectivity index is 1.46. The third kappa shape index (κ3) is 5.68. The van der Waals surface area contributed by atoms with Gasteiger partial charge in [0.15, 0.2) is 0 Å². The summed E-state index contributed by atoms with van der Waals surface area (Å²) in [6.07, 6.45) is 4.65. The molecule has 4 rings (SSSR count). The molecule has 0 N–H and O–H groups in total. The van der Waals surface area contributed by atoms with Crippen molar-refractivity contribution in [1.29, 1.82) is 0 Å². The molecule has 1 aromatic heterocycles. The van der Waals surface area contributed by atoms with Gasteiger partial charge in [0.05, 0.1) is 4.88 Å². The SMILES string of the molecule is CSc1ccc(C(=O)N2CCC(C(Cc3ccccc3)N(C)C(=O)c3cccs3)CC2)cc1. The number of likely N-dealkylation sites (tertiary alicyclic amines) is 1. The Bertz CT molecular complexity index is 1040. The Labute approximate surface area is 204 Å². The number of thioether (sulfide) groups is 1. The average molecular weight is 479 g/mol. The number of benzene rings is 2. The van der Waals surface area contributed by atoms with Crippen LogP contribution in [0.5, 0.6) is 0 Å². The largest absolute Gasteiger partial charge is 0.339 e. The molecule has 3 aromatic rings. The van der Waals surface area contributed by atoms with Crippen LogP contribution in [0, 0.1) is 5.92 Å². The van der Waals surface area contributed by atoms with Crippen molar-refractivity contribution in [3.05, 3.63) is 88.1 Å². The van der Waals surface area contributed by atoms with Crippen molar-refractivity contribution in [2.24, 2.45) is 5.92 Å². The molecule has 33 heavy (non-hydrogen) atoms. The monoisotopic (exact) mass is 478 g/mol. The Morgan fingerprint density at radius 2 is 1.73 bits per heavy atom. The van der Waals surface area contributed by atoms with Crippen molar-refractivity contribution in [1.82, 2.24) is 9.80 Å². The lowest BCUT2D eigenvalue weighted by molar-refractivity contribution is 0.0525. The number of rotatable bonds is 7. The van der Waals surface area contributed by atoms with Gasteiger partial charge in [-0.05, 0) is 72.7 Å². The lowest BCUT2D eigenvalue weighted by atomic mass is 9.84. The first-order valence-electron chi connectivity index (χ1n) is 11.3. The van der Waals surface area contributed by atoms with Crippen molar-refractivity contribution < 1.29 is 9.59 Å². The molecule has 6 heteroatoms. The van der Waals surface area contributed by atoms with E-state index in [-0.39, 0.29) is 17.9 Å². The molecule has 1 aliphatic rings. The summed E-state index contributed by atoms with van der Waals surface area (Å²) in [5.41, 5.74) is 1.98. The maximum atomic E-state index is 13.2. The van der Waals surface area contributed by atoms with E-state index in [2.05, 4.69) is 24.3 Å². The third-order valence-electron chi connectivity index (χ3n) is 6.55. The van der Waals surface area contributed by atoms with Crippen LogP contribution in [0.2, 0.25) is 0 Å². The number of hydrogen-bond donors (Lipinski definition) is 0. The smallest absolute Gasteiger partial charge is 0.263 e. The van der Waals surface area contributed by atoms with Gasteiger partial charge in [-0.15, -0.1) is 23.1 Å². The van der Waals surface area contributed by atoms with E-state index in [1.165, 1.54) is 16.9 Å². The van der Waals surface area contributed by atoms with Crippen molar-refractivity contribution >= 4 is 34.9 Å². The van der Waals surface area contributed by atoms with E-state index in [1.54, 1.807) is 11.8 Å². The predicted molar refractivity (Wildman–Crippen MR) is 137 cm³/mol. The first-order chi connectivity index (χ1) is 16.1. The van der Waals surface area contributed by atoms with Crippen LogP contribution in [0.4, 0.5) is 0 Å². The normalized spacial score (nSPS) is 15.3. The highest BCUT2D eigenvalue weighted by Gasteiger charge is 2.33. The summed E-state index contributed by atoms with van der Waals surface area (Å²) >= 11 is 3.17. The minimum absolute atomic E-state index is 0.0818. The van der Waals surface area contributed by atoms with Crippen LogP contribution in [0.25, 0.3) is 0 Å². The quantitative estimate of drug-likeness (QED) is 0.409. The van der Waals surface area contributed by atoms with Gasteiger partial charge < -0.3 is 9.80 Å². The molecule has 0 bridgehead atoms. The molecular weight excluding hydrogens is 448 g/mol. The van der Waals surface area contributed by atoms with Gasteiger partial charge in [-0.2, -0.15) is 0 Å². The number of carbonyl (C=O) groups is 2. The fourth-order valence-electron chi connectivity index (χ4n) is 4.60. The topological polar surface area (TPSA) is 40.6 Å². The zero-order valence-corrected chi connectivity index (χ0v) is 20.8. The lowest BCUT2D eigenvalue weighted by Crippen LogP contribution is -2.48. The van der Waals surface area contributed by atoms with Gasteiger partial charge in [0, 0.05) is 36.6 Å². The van der Waals surface area contributed by atoms with Gasteiger partial charge in [0.1, 0.15) is 0 Å². The summed E-state index contributed by atoms with van der Waals surface area (Å²) in [7, 11) is 1.93. The Morgan fingerprint density at radius 1 is 1.03 bits per heavy atom. The summed E-state index contributed by atoms with van der Waals surface area (Å²) < 4.78 is 0. The fourth-order valence-corrected chi connectivity index (χ4v) is 5.72. The van der Waals surface area contributed by atoms with Crippen molar-refractivity contribution in [3.8, 4) is 0 Å². The Kier molecular flexibility index (Phi) is 7.89. The van der Waals surface area contributed by atoms with Gasteiger partial charge in [-0.1, -0.05) is 36.4 Å². The van der Waals surface area contributed by atoms with Crippen molar-refractivity contribution in [2.75, 3.05) is 26.4 Å². The second-order valence-corrected chi connectivity index (χ2v) is 10.3. The van der Waals surface area contributed by atoms with Gasteiger partial charge in [-0.25, -0.2) is 0 Å². The third-order valence-corrected chi connectivity index (χ3v) is 8.15. The van der Waals surface area contributed by atoms with Gasteiger partial charge in [0.2, 0.25) is 0 Å². The maximum Gasteiger partial charge on any atom is 0.263 e. The van der Waals surface area contributed by atoms with E-state index in [1.807, 2.05) is 70.9 Å². The van der Waals surface area contributed by atoms with Crippen molar-refractivity contribution in [3.63, 3.8) is 0 Å². The minimum Gasteiger partial charge on any atom is -0.339 e. The van der Waals surface area contributed by atoms with E-state index >= 15 is 0 Å². The van der Waals surface area contributed by atoms with E-state index in [4.69, 9.17) is 0 Å². The number of piperidine rings is 1. The van der Waals surface area contributed by atoms with Crippen LogP contribution in [0.1, 0.15) is 38.4 Å². The summed E-state index contributed by atoms with van der Waals surface area (Å²) in [5.74, 6) is 0.532. The molecule has 1 fully saturated rings. The van der Waals surface area contributed by atoms with Crippen LogP contribution >= 0.6 is 23.1 Å². The van der Waals surface area contributed by atoms with Crippen molar-refractivity contribution in [2.45, 2.75) is 30.2 Å². The zero-order chi connectivity index (χ0) is 23.2. The molecule has 0 spiro atoms. The van der Waals surface area contributed by atoms with Gasteiger partial charge in [0.25, 0.3) is 11.8 Å². The molecule has 2 amide bonds. The molecule has 1 unspecified atom stereocenters. The average Bonchev–Trinajstić information content (AvgIpc) is 3.42. The number of thiophene rings is 1. The summed E-state index contributed by atoms with van der Waals surface area (Å²) in [6, 6.07) is 22.2. The number of hydrogen-bond acceptors (Lipinski definition) is 4. The molecule has 0 radical (unpaired) electrons. The number of amides is 2. The highest BCUT2D eigenvalue weighted by molar-refractivity contribution is 7.98. The second-order valence-electron chi connectivity index (χ2n) is 8.51. The highest BCUT2D eigenvalue weighted by Crippen LogP contribution is 2.29. The second kappa shape index (κ2) is 11.0. The number of nitrogens with zero attached hydrogens (tertiary/aromatic N) is 2. The molecule has 172 valence electrons. The summed E-state index contributed by atoms with van der Waals surface area (Å²) in [5, 5.41) is 1.95. The van der Waals surface area contributed by atoms with E-state index in [0.29, 0.717) is 5.92 Å². The van der Waals surface area contributed by atoms with Crippen LogP contribution < -0.4 is 0 Å². The van der Waals surface area contributed by atoms with Crippen LogP contribution in [-0.2, 0) is 6.42 Å². The molecule has 0 aliphatic carbocycles.